The number of phosphoric ester groups is 1. The highest BCUT2D eigenvalue weighted by Crippen LogP contribution is 2.48. The number of ether oxygens (including phenoxy) is 2. The average Bonchev–Trinajstić information content (AvgIpc) is 3.23. The highest BCUT2D eigenvalue weighted by molar-refractivity contribution is 7.48. The second kappa shape index (κ2) is 42.6. The van der Waals surface area contributed by atoms with Crippen molar-refractivity contribution in [2.24, 2.45) is 11.5 Å². The van der Waals surface area contributed by atoms with E-state index in [4.69, 9.17) is 34.5 Å². The molecule has 346 valence electrons. The lowest BCUT2D eigenvalue weighted by Gasteiger charge is -2.21. The minimum Gasteiger partial charge on any atom is -0.462 e. The smallest absolute Gasteiger partial charge is 0.462 e. The highest BCUT2D eigenvalue weighted by atomic mass is 31.2. The lowest BCUT2D eigenvalue weighted by atomic mass is 10.1. The van der Waals surface area contributed by atoms with E-state index in [1.54, 1.807) is 0 Å². The number of amides is 1. The molecule has 0 saturated heterocycles. The Bertz CT molecular complexity index is 1110. The number of nitrogens with one attached hydrogen (secondary N) is 1. The van der Waals surface area contributed by atoms with Crippen molar-refractivity contribution in [1.82, 2.24) is 5.32 Å². The summed E-state index contributed by atoms with van der Waals surface area (Å²) in [5.74, 6) is -1.25. The summed E-state index contributed by atoms with van der Waals surface area (Å²) in [6.07, 6.45) is 39.2. The van der Waals surface area contributed by atoms with Gasteiger partial charge in [0.1, 0.15) is 6.61 Å². The van der Waals surface area contributed by atoms with Crippen LogP contribution in [0.1, 0.15) is 200 Å². The van der Waals surface area contributed by atoms with Gasteiger partial charge in [0, 0.05) is 26.5 Å². The topological polar surface area (TPSA) is 179 Å². The molecule has 12 nitrogen and oxygen atoms in total. The summed E-state index contributed by atoms with van der Waals surface area (Å²) in [5, 5.41) is 2.58. The van der Waals surface area contributed by atoms with Crippen molar-refractivity contribution in [3.8, 4) is 0 Å². The van der Waals surface area contributed by atoms with Crippen LogP contribution in [0.4, 0.5) is 0 Å². The molecule has 59 heavy (non-hydrogen) atoms. The Morgan fingerprint density at radius 3 is 1.51 bits per heavy atom. The van der Waals surface area contributed by atoms with Crippen LogP contribution >= 0.6 is 7.82 Å². The second-order valence-electron chi connectivity index (χ2n) is 15.7. The third kappa shape index (κ3) is 38.6. The number of allylic oxidation sites excluding steroid dienone is 4. The zero-order valence-electron chi connectivity index (χ0n) is 37.8. The molecule has 0 aliphatic heterocycles. The Kier molecular flexibility index (Phi) is 41.1. The lowest BCUT2D eigenvalue weighted by molar-refractivity contribution is -0.161. The number of nitrogens with two attached hydrogens (primary N) is 2. The highest BCUT2D eigenvalue weighted by Gasteiger charge is 2.29. The average molecular weight is 858 g/mol. The number of hydrogen-bond donors (Lipinski definition) is 3. The molecule has 5 N–H and O–H groups in total. The lowest BCUT2D eigenvalue weighted by Crippen LogP contribution is -2.42. The van der Waals surface area contributed by atoms with E-state index in [0.717, 1.165) is 71.3 Å². The van der Waals surface area contributed by atoms with Crippen molar-refractivity contribution in [3.05, 3.63) is 24.3 Å². The quantitative estimate of drug-likeness (QED) is 0.0230. The molecule has 0 heterocycles. The van der Waals surface area contributed by atoms with Crippen LogP contribution in [0.15, 0.2) is 24.3 Å². The summed E-state index contributed by atoms with van der Waals surface area (Å²) >= 11 is 0. The molecule has 0 spiro atoms. The van der Waals surface area contributed by atoms with Gasteiger partial charge >= 0.3 is 19.8 Å². The molecule has 3 unspecified atom stereocenters. The van der Waals surface area contributed by atoms with E-state index < -0.39 is 37.8 Å². The maximum Gasteiger partial charge on any atom is 0.474 e. The van der Waals surface area contributed by atoms with Gasteiger partial charge in [-0.15, -0.1) is 0 Å². The predicted octanol–water partition coefficient (Wildman–Crippen LogP) is 11.1. The van der Waals surface area contributed by atoms with E-state index in [9.17, 15) is 18.9 Å². The van der Waals surface area contributed by atoms with Gasteiger partial charge in [-0.05, 0) is 77.2 Å². The van der Waals surface area contributed by atoms with Crippen molar-refractivity contribution in [2.45, 2.75) is 212 Å². The largest absolute Gasteiger partial charge is 0.474 e. The fourth-order valence-corrected chi connectivity index (χ4v) is 7.34. The molecule has 0 aliphatic carbocycles. The summed E-state index contributed by atoms with van der Waals surface area (Å²) in [4.78, 5) is 37.4. The van der Waals surface area contributed by atoms with E-state index in [-0.39, 0.29) is 45.8 Å². The third-order valence-electron chi connectivity index (χ3n) is 10.1. The second-order valence-corrected chi connectivity index (χ2v) is 17.5. The van der Waals surface area contributed by atoms with Gasteiger partial charge in [0.15, 0.2) is 6.10 Å². The summed E-state index contributed by atoms with van der Waals surface area (Å²) in [5.41, 5.74) is 11.2. The van der Waals surface area contributed by atoms with Crippen LogP contribution in [0, 0.1) is 0 Å². The van der Waals surface area contributed by atoms with Crippen LogP contribution in [0.2, 0.25) is 0 Å². The SMILES string of the molecule is CCCCCCCC/C=C\CCCCCCCC(=O)OC(COC(=O)CCCCCCC/C=C/CCCCCCCC)COP(=O)(OC)OCCNC(=O)C(N)CCN. The number of rotatable bonds is 44. The van der Waals surface area contributed by atoms with Gasteiger partial charge < -0.3 is 26.3 Å². The molecule has 0 fully saturated rings. The van der Waals surface area contributed by atoms with Crippen molar-refractivity contribution < 1.29 is 42.0 Å². The fraction of sp³-hybridized carbons (Fsp3) is 0.848. The number of carbonyl (C=O) groups excluding carboxylic acids is 3. The molecule has 0 aromatic carbocycles. The van der Waals surface area contributed by atoms with Gasteiger partial charge in [0.05, 0.1) is 19.3 Å². The van der Waals surface area contributed by atoms with E-state index in [1.165, 1.54) is 89.9 Å². The molecule has 13 heteroatoms. The van der Waals surface area contributed by atoms with Crippen molar-refractivity contribution in [3.63, 3.8) is 0 Å². The molecular weight excluding hydrogens is 769 g/mol. The van der Waals surface area contributed by atoms with E-state index >= 15 is 0 Å². The van der Waals surface area contributed by atoms with Crippen LogP contribution in [0.5, 0.6) is 0 Å². The van der Waals surface area contributed by atoms with Crippen molar-refractivity contribution in [2.75, 3.05) is 40.0 Å². The van der Waals surface area contributed by atoms with Crippen LogP contribution < -0.4 is 16.8 Å². The van der Waals surface area contributed by atoms with Gasteiger partial charge in [-0.2, -0.15) is 0 Å². The Labute approximate surface area is 360 Å². The Hall–Kier alpha value is -2.08. The molecule has 3 atom stereocenters. The first-order valence-electron chi connectivity index (χ1n) is 23.5. The maximum atomic E-state index is 13.1. The molecule has 0 bridgehead atoms. The Balaban J connectivity index is 4.64. The van der Waals surface area contributed by atoms with Gasteiger partial charge in [0.25, 0.3) is 0 Å². The van der Waals surface area contributed by atoms with Gasteiger partial charge in [-0.25, -0.2) is 4.57 Å². The number of esters is 2. The molecule has 0 saturated carbocycles. The van der Waals surface area contributed by atoms with Crippen LogP contribution in [-0.4, -0.2) is 70.0 Å². The third-order valence-corrected chi connectivity index (χ3v) is 11.5. The Morgan fingerprint density at radius 1 is 0.610 bits per heavy atom. The zero-order valence-corrected chi connectivity index (χ0v) is 38.7. The predicted molar refractivity (Wildman–Crippen MR) is 241 cm³/mol. The van der Waals surface area contributed by atoms with E-state index in [2.05, 4.69) is 43.5 Å². The summed E-state index contributed by atoms with van der Waals surface area (Å²) in [6, 6.07) is -0.757. The van der Waals surface area contributed by atoms with Crippen LogP contribution in [-0.2, 0) is 42.0 Å². The number of hydrogen-bond acceptors (Lipinski definition) is 11. The monoisotopic (exact) mass is 858 g/mol. The first-order valence-corrected chi connectivity index (χ1v) is 25.0. The molecule has 0 aromatic heterocycles. The molecule has 1 amide bonds. The number of unbranched alkanes of at least 4 members (excludes halogenated alkanes) is 22. The maximum absolute atomic E-state index is 13.1. The molecule has 0 aliphatic rings. The normalized spacial score (nSPS) is 13.8. The number of carbonyl (C=O) groups is 3. The first kappa shape index (κ1) is 56.9. The van der Waals surface area contributed by atoms with Crippen molar-refractivity contribution >= 4 is 25.7 Å². The fourth-order valence-electron chi connectivity index (χ4n) is 6.39. The first-order chi connectivity index (χ1) is 28.7. The van der Waals surface area contributed by atoms with Crippen LogP contribution in [0.3, 0.4) is 0 Å². The van der Waals surface area contributed by atoms with Gasteiger partial charge in [0.2, 0.25) is 5.91 Å². The van der Waals surface area contributed by atoms with Crippen molar-refractivity contribution in [1.29, 1.82) is 0 Å². The molecule has 0 radical (unpaired) electrons. The van der Waals surface area contributed by atoms with Gasteiger partial charge in [-0.1, -0.05) is 141 Å². The summed E-state index contributed by atoms with van der Waals surface area (Å²) in [6.45, 7) is 3.96. The molecular formula is C46H88N3O9P. The van der Waals surface area contributed by atoms with Gasteiger partial charge in [-0.3, -0.25) is 28.0 Å². The van der Waals surface area contributed by atoms with Crippen LogP contribution in [0.25, 0.3) is 0 Å². The van der Waals surface area contributed by atoms with E-state index in [0.29, 0.717) is 19.3 Å². The number of phosphoric acid groups is 1. The minimum atomic E-state index is -4.08. The summed E-state index contributed by atoms with van der Waals surface area (Å²) in [7, 11) is -2.92. The Morgan fingerprint density at radius 2 is 1.05 bits per heavy atom. The zero-order chi connectivity index (χ0) is 43.5. The molecule has 0 aromatic rings. The molecule has 0 rings (SSSR count). The van der Waals surface area contributed by atoms with E-state index in [1.807, 2.05) is 0 Å². The standard InChI is InChI=1S/C46H88N3O9P/c1-4-6-8-10-12-14-16-18-20-22-24-26-28-30-32-34-44(50)55-40-42(41-57-59(53,54-3)56-39-38-49-46(52)43(48)36-37-47)58-45(51)35-33-31-29-27-25-23-21-19-17-15-13-11-9-7-5-2/h18-21,42-43H,4-17,22-41,47-48H2,1-3H3,(H,49,52)/b20-18+,21-19-. The minimum absolute atomic E-state index is 0.0101. The summed E-state index contributed by atoms with van der Waals surface area (Å²) < 4.78 is 40.0.